The first kappa shape index (κ1) is 14.9. The van der Waals surface area contributed by atoms with Gasteiger partial charge in [0.15, 0.2) is 0 Å². The number of thiophene rings is 1. The fourth-order valence-electron chi connectivity index (χ4n) is 3.76. The van der Waals surface area contributed by atoms with Crippen LogP contribution in [-0.4, -0.2) is 21.7 Å². The maximum absolute atomic E-state index is 10.8. The predicted molar refractivity (Wildman–Crippen MR) is 80.3 cm³/mol. The monoisotopic (exact) mass is 311 g/mol. The summed E-state index contributed by atoms with van der Waals surface area (Å²) < 4.78 is 6.20. The lowest BCUT2D eigenvalue weighted by molar-refractivity contribution is -0.380. The quantitative estimate of drug-likeness (QED) is 0.668. The van der Waals surface area contributed by atoms with E-state index in [1.54, 1.807) is 6.07 Å². The first-order chi connectivity index (χ1) is 9.87. The van der Waals surface area contributed by atoms with Crippen LogP contribution in [0.2, 0.25) is 0 Å². The van der Waals surface area contributed by atoms with Gasteiger partial charge < -0.3 is 9.84 Å². The summed E-state index contributed by atoms with van der Waals surface area (Å²) in [5.41, 5.74) is -0.757. The Balaban J connectivity index is 1.82. The number of hydrogen-bond donors (Lipinski definition) is 1. The van der Waals surface area contributed by atoms with Crippen LogP contribution in [0.5, 0.6) is 0 Å². The van der Waals surface area contributed by atoms with Gasteiger partial charge in [0, 0.05) is 23.3 Å². The van der Waals surface area contributed by atoms with Crippen molar-refractivity contribution in [2.45, 2.75) is 57.3 Å². The van der Waals surface area contributed by atoms with E-state index in [4.69, 9.17) is 4.74 Å². The normalized spacial score (nSPS) is 39.8. The molecule has 2 fully saturated rings. The van der Waals surface area contributed by atoms with Gasteiger partial charge in [-0.15, -0.1) is 0 Å². The van der Waals surface area contributed by atoms with Crippen molar-refractivity contribution in [2.24, 2.45) is 11.8 Å². The minimum Gasteiger partial charge on any atom is -0.390 e. The standard InChI is InChI=1S/C15H21NO4S/c1-9-3-4-10-11(7-9)20-12(8-15(10,2)17)13-5-6-14(21-13)16(18)19/h5-6,9-12,17H,3-4,7-8H2,1-2H3. The third-order valence-electron chi connectivity index (χ3n) is 4.90. The summed E-state index contributed by atoms with van der Waals surface area (Å²) in [7, 11) is 0. The average molecular weight is 311 g/mol. The fraction of sp³-hybridized carbons (Fsp3) is 0.733. The maximum Gasteiger partial charge on any atom is 0.324 e. The Bertz CT molecular complexity index is 542. The van der Waals surface area contributed by atoms with Crippen molar-refractivity contribution >= 4 is 16.3 Å². The number of fused-ring (bicyclic) bond motifs is 1. The van der Waals surface area contributed by atoms with Crippen LogP contribution in [0.15, 0.2) is 12.1 Å². The Kier molecular flexibility index (Phi) is 3.80. The molecule has 0 aromatic carbocycles. The van der Waals surface area contributed by atoms with Gasteiger partial charge in [-0.2, -0.15) is 0 Å². The highest BCUT2D eigenvalue weighted by Gasteiger charge is 2.48. The topological polar surface area (TPSA) is 72.6 Å². The molecular formula is C15H21NO4S. The summed E-state index contributed by atoms with van der Waals surface area (Å²) in [5, 5.41) is 21.7. The first-order valence-corrected chi connectivity index (χ1v) is 8.30. The molecule has 5 unspecified atom stereocenters. The maximum atomic E-state index is 10.8. The molecule has 5 nitrogen and oxygen atoms in total. The van der Waals surface area contributed by atoms with E-state index < -0.39 is 5.60 Å². The number of aliphatic hydroxyl groups is 1. The van der Waals surface area contributed by atoms with Crippen molar-refractivity contribution in [3.63, 3.8) is 0 Å². The molecule has 1 aromatic rings. The highest BCUT2D eigenvalue weighted by molar-refractivity contribution is 7.15. The van der Waals surface area contributed by atoms with E-state index in [2.05, 4.69) is 6.92 Å². The lowest BCUT2D eigenvalue weighted by Crippen LogP contribution is -2.51. The van der Waals surface area contributed by atoms with E-state index in [-0.39, 0.29) is 28.1 Å². The van der Waals surface area contributed by atoms with Gasteiger partial charge in [-0.1, -0.05) is 24.7 Å². The van der Waals surface area contributed by atoms with Crippen molar-refractivity contribution < 1.29 is 14.8 Å². The van der Waals surface area contributed by atoms with Gasteiger partial charge >= 0.3 is 5.00 Å². The van der Waals surface area contributed by atoms with E-state index in [1.807, 2.05) is 6.92 Å². The van der Waals surface area contributed by atoms with E-state index in [0.717, 1.165) is 35.5 Å². The van der Waals surface area contributed by atoms with Crippen molar-refractivity contribution in [3.05, 3.63) is 27.1 Å². The number of nitrogens with zero attached hydrogens (tertiary/aromatic N) is 1. The Morgan fingerprint density at radius 2 is 2.24 bits per heavy atom. The molecule has 1 aliphatic carbocycles. The number of rotatable bonds is 2. The van der Waals surface area contributed by atoms with Crippen LogP contribution in [0.3, 0.4) is 0 Å². The predicted octanol–water partition coefficient (Wildman–Crippen LogP) is 3.67. The Hall–Kier alpha value is -0.980. The highest BCUT2D eigenvalue weighted by Crippen LogP contribution is 2.49. The van der Waals surface area contributed by atoms with Crippen molar-refractivity contribution in [2.75, 3.05) is 0 Å². The summed E-state index contributed by atoms with van der Waals surface area (Å²) in [6, 6.07) is 3.28. The highest BCUT2D eigenvalue weighted by atomic mass is 32.1. The zero-order valence-corrected chi connectivity index (χ0v) is 13.1. The van der Waals surface area contributed by atoms with Crippen LogP contribution in [0.25, 0.3) is 0 Å². The van der Waals surface area contributed by atoms with Crippen molar-refractivity contribution in [3.8, 4) is 0 Å². The second-order valence-electron chi connectivity index (χ2n) is 6.68. The molecule has 2 aliphatic rings. The SMILES string of the molecule is CC1CCC2C(C1)OC(c1ccc([N+](=O)[O-])s1)CC2(C)O. The first-order valence-electron chi connectivity index (χ1n) is 7.49. The number of hydrogen-bond acceptors (Lipinski definition) is 5. The Morgan fingerprint density at radius 3 is 2.90 bits per heavy atom. The van der Waals surface area contributed by atoms with Crippen LogP contribution in [0, 0.1) is 22.0 Å². The second-order valence-corrected chi connectivity index (χ2v) is 7.78. The molecule has 1 saturated heterocycles. The lowest BCUT2D eigenvalue weighted by Gasteiger charge is -2.49. The lowest BCUT2D eigenvalue weighted by atomic mass is 9.69. The third-order valence-corrected chi connectivity index (χ3v) is 6.03. The molecule has 1 N–H and O–H groups in total. The molecule has 5 atom stereocenters. The second kappa shape index (κ2) is 5.34. The Morgan fingerprint density at radius 1 is 1.48 bits per heavy atom. The summed E-state index contributed by atoms with van der Waals surface area (Å²) in [6.07, 6.45) is 3.44. The molecule has 0 amide bonds. The summed E-state index contributed by atoms with van der Waals surface area (Å²) in [6.45, 7) is 4.10. The molecule has 116 valence electrons. The van der Waals surface area contributed by atoms with Gasteiger partial charge in [0.25, 0.3) is 0 Å². The number of ether oxygens (including phenoxy) is 1. The fourth-order valence-corrected chi connectivity index (χ4v) is 4.62. The van der Waals surface area contributed by atoms with Crippen LogP contribution in [0.4, 0.5) is 5.00 Å². The molecule has 2 heterocycles. The van der Waals surface area contributed by atoms with Crippen molar-refractivity contribution in [1.82, 2.24) is 0 Å². The van der Waals surface area contributed by atoms with Crippen LogP contribution in [-0.2, 0) is 4.74 Å². The summed E-state index contributed by atoms with van der Waals surface area (Å²) in [5.74, 6) is 0.790. The molecule has 0 spiro atoms. The summed E-state index contributed by atoms with van der Waals surface area (Å²) >= 11 is 1.15. The summed E-state index contributed by atoms with van der Waals surface area (Å²) in [4.78, 5) is 11.3. The van der Waals surface area contributed by atoms with E-state index in [1.165, 1.54) is 6.07 Å². The zero-order valence-electron chi connectivity index (χ0n) is 12.3. The molecular weight excluding hydrogens is 290 g/mol. The van der Waals surface area contributed by atoms with Gasteiger partial charge in [0.05, 0.1) is 22.7 Å². The van der Waals surface area contributed by atoms with Crippen molar-refractivity contribution in [1.29, 1.82) is 0 Å². The minimum absolute atomic E-state index is 0.0589. The van der Waals surface area contributed by atoms with Gasteiger partial charge in [0.2, 0.25) is 0 Å². The van der Waals surface area contributed by atoms with E-state index in [0.29, 0.717) is 12.3 Å². The number of nitro groups is 1. The van der Waals surface area contributed by atoms with Crippen LogP contribution < -0.4 is 0 Å². The average Bonchev–Trinajstić information content (AvgIpc) is 2.86. The molecule has 1 saturated carbocycles. The zero-order chi connectivity index (χ0) is 15.2. The Labute approximate surface area is 128 Å². The van der Waals surface area contributed by atoms with Gasteiger partial charge in [0.1, 0.15) is 0 Å². The molecule has 0 radical (unpaired) electrons. The third kappa shape index (κ3) is 2.84. The van der Waals surface area contributed by atoms with Crippen LogP contribution in [0.1, 0.15) is 50.5 Å². The largest absolute Gasteiger partial charge is 0.390 e. The van der Waals surface area contributed by atoms with Gasteiger partial charge in [-0.3, -0.25) is 10.1 Å². The molecule has 21 heavy (non-hydrogen) atoms. The van der Waals surface area contributed by atoms with Gasteiger partial charge in [-0.05, 0) is 31.7 Å². The van der Waals surface area contributed by atoms with Crippen LogP contribution >= 0.6 is 11.3 Å². The molecule has 6 heteroatoms. The van der Waals surface area contributed by atoms with Gasteiger partial charge in [-0.25, -0.2) is 0 Å². The molecule has 0 bridgehead atoms. The molecule has 3 rings (SSSR count). The molecule has 1 aliphatic heterocycles. The molecule has 1 aromatic heterocycles. The van der Waals surface area contributed by atoms with E-state index >= 15 is 0 Å². The van der Waals surface area contributed by atoms with E-state index in [9.17, 15) is 15.2 Å². The minimum atomic E-state index is -0.757. The smallest absolute Gasteiger partial charge is 0.324 e.